The Balaban J connectivity index is 0.00000405. The second-order valence-electron chi connectivity index (χ2n) is 11.0. The van der Waals surface area contributed by atoms with Crippen molar-refractivity contribution < 1.29 is 19.7 Å². The van der Waals surface area contributed by atoms with Crippen LogP contribution in [0, 0.1) is 18.6 Å². The van der Waals surface area contributed by atoms with E-state index in [-0.39, 0.29) is 30.2 Å². The number of halogens is 2. The van der Waals surface area contributed by atoms with E-state index >= 15 is 4.39 Å². The van der Waals surface area contributed by atoms with Crippen molar-refractivity contribution in [3.8, 4) is 11.3 Å². The summed E-state index contributed by atoms with van der Waals surface area (Å²) in [6.45, 7) is 14.4. The minimum absolute atomic E-state index is 0. The van der Waals surface area contributed by atoms with Gasteiger partial charge in [0.1, 0.15) is 22.9 Å². The van der Waals surface area contributed by atoms with E-state index in [4.69, 9.17) is 9.47 Å². The van der Waals surface area contributed by atoms with Crippen LogP contribution in [0.4, 0.5) is 20.5 Å². The van der Waals surface area contributed by atoms with Crippen LogP contribution in [0.25, 0.3) is 22.3 Å². The number of nitrogens with zero attached hydrogens (tertiary/aromatic N) is 6. The van der Waals surface area contributed by atoms with Gasteiger partial charge in [0.25, 0.3) is 0 Å². The molecule has 220 valence electrons. The lowest BCUT2D eigenvalue weighted by Crippen LogP contribution is -2.50. The number of benzene rings is 1. The minimum Gasteiger partial charge on any atom is -0.382 e. The predicted molar refractivity (Wildman–Crippen MR) is 156 cm³/mol. The maximum absolute atomic E-state index is 15.0. The van der Waals surface area contributed by atoms with Crippen LogP contribution in [0.5, 0.6) is 0 Å². The highest BCUT2D eigenvalue weighted by molar-refractivity contribution is 5.83. The number of aryl methyl sites for hydroxylation is 1. The molecule has 1 saturated heterocycles. The van der Waals surface area contributed by atoms with Crippen LogP contribution in [0.1, 0.15) is 53.0 Å². The summed E-state index contributed by atoms with van der Waals surface area (Å²) in [5.41, 5.74) is 1.97. The molecule has 11 heteroatoms. The second kappa shape index (κ2) is 12.1. The third kappa shape index (κ3) is 6.52. The van der Waals surface area contributed by atoms with E-state index in [1.807, 2.05) is 44.4 Å². The molecule has 0 amide bonds. The van der Waals surface area contributed by atoms with Crippen molar-refractivity contribution in [1.29, 1.82) is 0 Å². The zero-order valence-corrected chi connectivity index (χ0v) is 24.2. The molecule has 4 heterocycles. The zero-order chi connectivity index (χ0) is 29.1. The first kappa shape index (κ1) is 29.0. The van der Waals surface area contributed by atoms with E-state index in [0.29, 0.717) is 42.5 Å². The Morgan fingerprint density at radius 2 is 1.98 bits per heavy atom. The second-order valence-corrected chi connectivity index (χ2v) is 11.0. The molecule has 1 fully saturated rings. The molecule has 5 rings (SSSR count). The largest absolute Gasteiger partial charge is 0.382 e. The number of fused-ring (bicyclic) bond motifs is 1. The molecule has 9 nitrogen and oxygen atoms in total. The van der Waals surface area contributed by atoms with E-state index in [2.05, 4.69) is 37.1 Å². The first-order valence-corrected chi connectivity index (χ1v) is 14.0. The number of pyridine rings is 1. The molecule has 1 atom stereocenters. The minimum atomic E-state index is -0.649. The van der Waals surface area contributed by atoms with Crippen molar-refractivity contribution in [2.24, 2.45) is 0 Å². The summed E-state index contributed by atoms with van der Waals surface area (Å²) >= 11 is 0. The lowest BCUT2D eigenvalue weighted by Gasteiger charge is -2.40. The summed E-state index contributed by atoms with van der Waals surface area (Å²) in [5.74, 6) is 0.192. The molecule has 0 saturated carbocycles. The molecule has 0 aliphatic carbocycles. The highest BCUT2D eigenvalue weighted by atomic mass is 19.1. The number of morpholine rings is 1. The fourth-order valence-corrected chi connectivity index (χ4v) is 5.39. The Hall–Kier alpha value is -3.54. The van der Waals surface area contributed by atoms with E-state index in [1.165, 1.54) is 6.07 Å². The van der Waals surface area contributed by atoms with Crippen LogP contribution in [0.3, 0.4) is 0 Å². The summed E-state index contributed by atoms with van der Waals surface area (Å²) < 4.78 is 43.4. The normalized spacial score (nSPS) is 18.0. The fraction of sp³-hybridized carbons (Fsp3) is 0.467. The molecule has 1 aliphatic rings. The Labute approximate surface area is 240 Å². The topological polar surface area (TPSA) is 90.2 Å². The van der Waals surface area contributed by atoms with Crippen LogP contribution >= 0.6 is 0 Å². The van der Waals surface area contributed by atoms with Gasteiger partial charge in [0.05, 0.1) is 23.9 Å². The molecule has 1 N–H and O–H groups in total. The van der Waals surface area contributed by atoms with Gasteiger partial charge in [-0.15, -0.1) is 0 Å². The van der Waals surface area contributed by atoms with Gasteiger partial charge in [0.2, 0.25) is 5.95 Å². The summed E-state index contributed by atoms with van der Waals surface area (Å²) in [4.78, 5) is 19.7. The quantitative estimate of drug-likeness (QED) is 0.231. The molecule has 41 heavy (non-hydrogen) atoms. The molecular weight excluding hydrogens is 528 g/mol. The van der Waals surface area contributed by atoms with Crippen LogP contribution in [-0.2, 0) is 16.0 Å². The van der Waals surface area contributed by atoms with E-state index < -0.39 is 11.6 Å². The molecule has 1 aromatic carbocycles. The predicted octanol–water partition coefficient (Wildman–Crippen LogP) is 6.06. The summed E-state index contributed by atoms with van der Waals surface area (Å²) in [6, 6.07) is 6.87. The number of nitrogens with one attached hydrogen (secondary N) is 1. The van der Waals surface area contributed by atoms with Gasteiger partial charge >= 0.3 is 0 Å². The number of anilines is 2. The van der Waals surface area contributed by atoms with Crippen molar-refractivity contribution >= 4 is 22.8 Å². The number of hydrogen-bond donors (Lipinski definition) is 1. The van der Waals surface area contributed by atoms with Gasteiger partial charge in [0.15, 0.2) is 11.6 Å². The van der Waals surface area contributed by atoms with Crippen molar-refractivity contribution in [2.45, 2.75) is 59.2 Å². The maximum Gasteiger partial charge on any atom is 0.229 e. The Morgan fingerprint density at radius 1 is 1.15 bits per heavy atom. The summed E-state index contributed by atoms with van der Waals surface area (Å²) in [5, 5.41) is 3.04. The highest BCUT2D eigenvalue weighted by Gasteiger charge is 2.31. The Bertz CT molecular complexity index is 1520. The maximum atomic E-state index is 15.0. The van der Waals surface area contributed by atoms with Gasteiger partial charge in [-0.05, 0) is 58.4 Å². The number of hydrogen-bond acceptors (Lipinski definition) is 8. The fourth-order valence-electron chi connectivity index (χ4n) is 5.39. The monoisotopic (exact) mass is 567 g/mol. The van der Waals surface area contributed by atoms with Crippen LogP contribution in [0.2, 0.25) is 0 Å². The third-order valence-corrected chi connectivity index (χ3v) is 7.33. The first-order valence-electron chi connectivity index (χ1n) is 14.0. The van der Waals surface area contributed by atoms with Crippen molar-refractivity contribution in [1.82, 2.24) is 29.4 Å². The van der Waals surface area contributed by atoms with Crippen LogP contribution in [-0.4, -0.2) is 67.9 Å². The summed E-state index contributed by atoms with van der Waals surface area (Å²) in [6.07, 6.45) is 3.73. The van der Waals surface area contributed by atoms with Crippen LogP contribution in [0.15, 0.2) is 36.7 Å². The molecule has 0 bridgehead atoms. The van der Waals surface area contributed by atoms with Crippen molar-refractivity contribution in [3.05, 3.63) is 59.7 Å². The van der Waals surface area contributed by atoms with E-state index in [1.54, 1.807) is 12.3 Å². The third-order valence-electron chi connectivity index (χ3n) is 7.33. The average molecular weight is 568 g/mol. The molecular formula is C30H39F2N7O2. The Morgan fingerprint density at radius 3 is 2.71 bits per heavy atom. The molecule has 4 aromatic rings. The highest BCUT2D eigenvalue weighted by Crippen LogP contribution is 2.30. The standard InChI is InChI=1S/C30H37F2N7O2.H2/c1-6-40-11-9-30(5)18-38(10-12-41-30)17-21-7-8-26(33-15-21)36-29-34-16-24(32)27(37-29)22-13-23(31)28-25(14-22)39(19(2)3)20(4)35-28;/h7-8,13-16,19H,6,9-12,17-18H2,1-5H3,(H,33,34,36,37);1H/t30-;/m1./s1. The molecule has 0 spiro atoms. The smallest absolute Gasteiger partial charge is 0.229 e. The number of ether oxygens (including phenoxy) is 2. The molecule has 3 aromatic heterocycles. The van der Waals surface area contributed by atoms with E-state index in [9.17, 15) is 4.39 Å². The van der Waals surface area contributed by atoms with Gasteiger partial charge < -0.3 is 19.4 Å². The van der Waals surface area contributed by atoms with Gasteiger partial charge in [0, 0.05) is 58.5 Å². The van der Waals surface area contributed by atoms with E-state index in [0.717, 1.165) is 37.8 Å². The van der Waals surface area contributed by atoms with Gasteiger partial charge in [-0.25, -0.2) is 28.7 Å². The molecule has 0 unspecified atom stereocenters. The number of imidazole rings is 1. The number of aromatic nitrogens is 5. The molecule has 1 aliphatic heterocycles. The lowest BCUT2D eigenvalue weighted by atomic mass is 10.00. The molecule has 0 radical (unpaired) electrons. The van der Waals surface area contributed by atoms with Gasteiger partial charge in [-0.2, -0.15) is 0 Å². The van der Waals surface area contributed by atoms with Gasteiger partial charge in [-0.3, -0.25) is 4.90 Å². The number of rotatable bonds is 10. The van der Waals surface area contributed by atoms with Crippen molar-refractivity contribution in [3.63, 3.8) is 0 Å². The van der Waals surface area contributed by atoms with Crippen LogP contribution < -0.4 is 5.32 Å². The first-order chi connectivity index (χ1) is 19.7. The van der Waals surface area contributed by atoms with Gasteiger partial charge in [-0.1, -0.05) is 6.07 Å². The summed E-state index contributed by atoms with van der Waals surface area (Å²) in [7, 11) is 0. The zero-order valence-electron chi connectivity index (χ0n) is 24.2. The average Bonchev–Trinajstić information content (AvgIpc) is 3.27. The Kier molecular flexibility index (Phi) is 8.58. The van der Waals surface area contributed by atoms with Crippen molar-refractivity contribution in [2.75, 3.05) is 38.2 Å². The lowest BCUT2D eigenvalue weighted by molar-refractivity contribution is -0.112. The SMILES string of the molecule is CCOCC[C@]1(C)CN(Cc2ccc(Nc3ncc(F)c(-c4cc(F)c5nc(C)n(C(C)C)c5c4)n3)nc2)CCO1.[HH].